The number of aryl methyl sites for hydroxylation is 1. The van der Waals surface area contributed by atoms with Gasteiger partial charge in [0.25, 0.3) is 5.91 Å². The van der Waals surface area contributed by atoms with Gasteiger partial charge >= 0.3 is 6.03 Å². The largest absolute Gasteiger partial charge is 0.353 e. The number of anilines is 1. The Labute approximate surface area is 170 Å². The molecule has 0 spiro atoms. The monoisotopic (exact) mass is 394 g/mol. The Balaban J connectivity index is 1.44. The van der Waals surface area contributed by atoms with Crippen molar-refractivity contribution in [2.75, 3.05) is 37.7 Å². The van der Waals surface area contributed by atoms with E-state index in [1.54, 1.807) is 18.6 Å². The predicted octanol–water partition coefficient (Wildman–Crippen LogP) is 1.72. The van der Waals surface area contributed by atoms with Gasteiger partial charge in [-0.2, -0.15) is 0 Å². The molecule has 3 heterocycles. The van der Waals surface area contributed by atoms with E-state index in [0.717, 1.165) is 43.1 Å². The Morgan fingerprint density at radius 1 is 1.07 bits per heavy atom. The van der Waals surface area contributed by atoms with Gasteiger partial charge in [0.05, 0.1) is 12.9 Å². The van der Waals surface area contributed by atoms with Crippen LogP contribution in [0.25, 0.3) is 0 Å². The zero-order valence-corrected chi connectivity index (χ0v) is 16.8. The van der Waals surface area contributed by atoms with Crippen LogP contribution in [0.5, 0.6) is 0 Å². The van der Waals surface area contributed by atoms with Crippen molar-refractivity contribution in [1.82, 2.24) is 25.1 Å². The summed E-state index contributed by atoms with van der Waals surface area (Å²) in [7, 11) is 0. The van der Waals surface area contributed by atoms with Gasteiger partial charge in [-0.05, 0) is 18.9 Å². The molecule has 2 aliphatic heterocycles. The standard InChI is InChI=1S/C21H26N6O2/c1-3-21(17-6-4-16(2)5-7-17)19(28)27(20(29)24-21)15-25-10-12-26(13-11-25)18-14-22-8-9-23-18/h4-9,14H,3,10-13,15H2,1-2H3,(H,24,29)/t21-/m0/s1. The van der Waals surface area contributed by atoms with E-state index < -0.39 is 5.54 Å². The van der Waals surface area contributed by atoms with E-state index in [9.17, 15) is 9.59 Å². The first-order valence-electron chi connectivity index (χ1n) is 9.98. The third kappa shape index (κ3) is 3.55. The van der Waals surface area contributed by atoms with E-state index in [2.05, 4.69) is 25.1 Å². The Hall–Kier alpha value is -3.00. The topological polar surface area (TPSA) is 81.7 Å². The lowest BCUT2D eigenvalue weighted by Gasteiger charge is -2.36. The maximum atomic E-state index is 13.3. The van der Waals surface area contributed by atoms with E-state index in [-0.39, 0.29) is 11.9 Å². The predicted molar refractivity (Wildman–Crippen MR) is 109 cm³/mol. The number of nitrogens with one attached hydrogen (secondary N) is 1. The molecule has 0 aliphatic carbocycles. The van der Waals surface area contributed by atoms with Crippen molar-refractivity contribution in [2.45, 2.75) is 25.8 Å². The third-order valence-corrected chi connectivity index (χ3v) is 5.84. The first-order chi connectivity index (χ1) is 14.0. The van der Waals surface area contributed by atoms with Gasteiger partial charge in [0.2, 0.25) is 0 Å². The summed E-state index contributed by atoms with van der Waals surface area (Å²) in [6, 6.07) is 7.48. The molecular weight excluding hydrogens is 368 g/mol. The fourth-order valence-electron chi connectivity index (χ4n) is 4.00. The van der Waals surface area contributed by atoms with E-state index in [1.807, 2.05) is 38.1 Å². The number of carbonyl (C=O) groups is 2. The van der Waals surface area contributed by atoms with Gasteiger partial charge in [0.1, 0.15) is 11.4 Å². The Kier molecular flexibility index (Phi) is 5.19. The van der Waals surface area contributed by atoms with Crippen molar-refractivity contribution in [3.8, 4) is 0 Å². The Morgan fingerprint density at radius 2 is 1.79 bits per heavy atom. The average molecular weight is 394 g/mol. The number of hydrogen-bond donors (Lipinski definition) is 1. The van der Waals surface area contributed by atoms with Crippen molar-refractivity contribution in [2.24, 2.45) is 0 Å². The first-order valence-corrected chi connectivity index (χ1v) is 9.98. The molecule has 8 heteroatoms. The highest BCUT2D eigenvalue weighted by Crippen LogP contribution is 2.32. The summed E-state index contributed by atoms with van der Waals surface area (Å²) in [5.41, 5.74) is 0.972. The van der Waals surface area contributed by atoms with Crippen LogP contribution in [0.4, 0.5) is 10.6 Å². The number of amides is 3. The van der Waals surface area contributed by atoms with E-state index >= 15 is 0 Å². The number of rotatable bonds is 5. The SMILES string of the molecule is CC[C@@]1(c2ccc(C)cc2)NC(=O)N(CN2CCN(c3cnccn3)CC2)C1=O. The van der Waals surface area contributed by atoms with E-state index in [4.69, 9.17) is 0 Å². The quantitative estimate of drug-likeness (QED) is 0.778. The molecule has 8 nitrogen and oxygen atoms in total. The number of nitrogens with zero attached hydrogens (tertiary/aromatic N) is 5. The van der Waals surface area contributed by atoms with Crippen LogP contribution in [0.3, 0.4) is 0 Å². The van der Waals surface area contributed by atoms with Gasteiger partial charge in [0.15, 0.2) is 0 Å². The Bertz CT molecular complexity index is 880. The van der Waals surface area contributed by atoms with Crippen LogP contribution in [0, 0.1) is 6.92 Å². The maximum absolute atomic E-state index is 13.3. The molecule has 3 amide bonds. The van der Waals surface area contributed by atoms with Crippen molar-refractivity contribution < 1.29 is 9.59 Å². The van der Waals surface area contributed by atoms with Crippen LogP contribution in [-0.4, -0.2) is 64.6 Å². The van der Waals surface area contributed by atoms with Crippen LogP contribution in [-0.2, 0) is 10.3 Å². The van der Waals surface area contributed by atoms with E-state index in [1.165, 1.54) is 4.90 Å². The molecule has 2 fully saturated rings. The molecule has 0 unspecified atom stereocenters. The zero-order valence-electron chi connectivity index (χ0n) is 16.8. The average Bonchev–Trinajstić information content (AvgIpc) is 3.00. The van der Waals surface area contributed by atoms with Gasteiger partial charge in [0, 0.05) is 38.6 Å². The normalized spacial score (nSPS) is 22.8. The summed E-state index contributed by atoms with van der Waals surface area (Å²) < 4.78 is 0. The summed E-state index contributed by atoms with van der Waals surface area (Å²) >= 11 is 0. The second-order valence-corrected chi connectivity index (χ2v) is 7.60. The lowest BCUT2D eigenvalue weighted by Crippen LogP contribution is -2.52. The van der Waals surface area contributed by atoms with Crippen LogP contribution < -0.4 is 10.2 Å². The molecule has 29 heavy (non-hydrogen) atoms. The maximum Gasteiger partial charge on any atom is 0.326 e. The van der Waals surface area contributed by atoms with Gasteiger partial charge in [-0.1, -0.05) is 36.8 Å². The summed E-state index contributed by atoms with van der Waals surface area (Å²) in [5, 5.41) is 2.96. The highest BCUT2D eigenvalue weighted by Gasteiger charge is 2.51. The number of hydrogen-bond acceptors (Lipinski definition) is 6. The third-order valence-electron chi connectivity index (χ3n) is 5.84. The number of imide groups is 1. The summed E-state index contributed by atoms with van der Waals surface area (Å²) in [6.07, 6.45) is 5.61. The summed E-state index contributed by atoms with van der Waals surface area (Å²) in [5.74, 6) is 0.678. The lowest BCUT2D eigenvalue weighted by atomic mass is 9.87. The van der Waals surface area contributed by atoms with Crippen molar-refractivity contribution in [3.05, 3.63) is 54.0 Å². The molecular formula is C21H26N6O2. The number of urea groups is 1. The number of aromatic nitrogens is 2. The summed E-state index contributed by atoms with van der Waals surface area (Å²) in [6.45, 7) is 7.28. The molecule has 152 valence electrons. The molecule has 2 aromatic rings. The van der Waals surface area contributed by atoms with Gasteiger partial charge in [-0.15, -0.1) is 0 Å². The van der Waals surface area contributed by atoms with Gasteiger partial charge < -0.3 is 10.2 Å². The molecule has 1 aromatic heterocycles. The highest BCUT2D eigenvalue weighted by molar-refractivity contribution is 6.07. The number of benzene rings is 1. The fraction of sp³-hybridized carbons (Fsp3) is 0.429. The highest BCUT2D eigenvalue weighted by atomic mass is 16.2. The smallest absolute Gasteiger partial charge is 0.326 e. The van der Waals surface area contributed by atoms with Crippen molar-refractivity contribution in [1.29, 1.82) is 0 Å². The van der Waals surface area contributed by atoms with Crippen LogP contribution in [0.2, 0.25) is 0 Å². The fourth-order valence-corrected chi connectivity index (χ4v) is 4.00. The minimum absolute atomic E-state index is 0.176. The molecule has 1 aromatic carbocycles. The van der Waals surface area contributed by atoms with Crippen LogP contribution >= 0.6 is 0 Å². The second kappa shape index (κ2) is 7.79. The van der Waals surface area contributed by atoms with Gasteiger partial charge in [-0.3, -0.25) is 14.7 Å². The van der Waals surface area contributed by atoms with E-state index in [0.29, 0.717) is 13.1 Å². The van der Waals surface area contributed by atoms with Crippen molar-refractivity contribution >= 4 is 17.8 Å². The van der Waals surface area contributed by atoms with Crippen LogP contribution in [0.1, 0.15) is 24.5 Å². The molecule has 4 rings (SSSR count). The molecule has 1 atom stereocenters. The van der Waals surface area contributed by atoms with Gasteiger partial charge in [-0.25, -0.2) is 14.7 Å². The molecule has 0 radical (unpaired) electrons. The number of piperazine rings is 1. The Morgan fingerprint density at radius 3 is 2.41 bits per heavy atom. The minimum Gasteiger partial charge on any atom is -0.353 e. The second-order valence-electron chi connectivity index (χ2n) is 7.60. The lowest BCUT2D eigenvalue weighted by molar-refractivity contribution is -0.133. The molecule has 2 saturated heterocycles. The number of carbonyl (C=O) groups excluding carboxylic acids is 2. The van der Waals surface area contributed by atoms with Crippen molar-refractivity contribution in [3.63, 3.8) is 0 Å². The zero-order chi connectivity index (χ0) is 20.4. The first kappa shape index (κ1) is 19.3. The minimum atomic E-state index is -0.980. The molecule has 0 bridgehead atoms. The molecule has 2 aliphatic rings. The molecule has 1 N–H and O–H groups in total. The van der Waals surface area contributed by atoms with Crippen LogP contribution in [0.15, 0.2) is 42.9 Å². The molecule has 0 saturated carbocycles. The summed E-state index contributed by atoms with van der Waals surface area (Å²) in [4.78, 5) is 40.1.